The highest BCUT2D eigenvalue weighted by atomic mass is 32.2. The van der Waals surface area contributed by atoms with E-state index in [1.165, 1.54) is 35.1 Å². The average Bonchev–Trinajstić information content (AvgIpc) is 3.08. The number of likely N-dealkylation sites (tertiary alicyclic amines) is 1. The van der Waals surface area contributed by atoms with Gasteiger partial charge in [-0.2, -0.15) is 0 Å². The highest BCUT2D eigenvalue weighted by Gasteiger charge is 2.23. The van der Waals surface area contributed by atoms with E-state index in [-0.39, 0.29) is 5.91 Å². The molecule has 1 aliphatic heterocycles. The summed E-state index contributed by atoms with van der Waals surface area (Å²) in [5, 5.41) is 12.4. The number of benzene rings is 1. The molecule has 7 heteroatoms. The smallest absolute Gasteiger partial charge is 0.233 e. The van der Waals surface area contributed by atoms with E-state index in [9.17, 15) is 4.79 Å². The van der Waals surface area contributed by atoms with E-state index in [4.69, 9.17) is 0 Å². The van der Waals surface area contributed by atoms with Crippen molar-refractivity contribution in [2.45, 2.75) is 56.3 Å². The number of rotatable bonds is 6. The van der Waals surface area contributed by atoms with Crippen molar-refractivity contribution in [1.29, 1.82) is 0 Å². The van der Waals surface area contributed by atoms with Gasteiger partial charge in [0.25, 0.3) is 0 Å². The minimum atomic E-state index is 0.205. The lowest BCUT2D eigenvalue weighted by molar-refractivity contribution is -0.131. The van der Waals surface area contributed by atoms with Gasteiger partial charge in [-0.05, 0) is 49.8 Å². The van der Waals surface area contributed by atoms with Crippen LogP contribution in [0.25, 0.3) is 0 Å². The number of carbonyl (C=O) groups is 1. The molecule has 1 atom stereocenters. The number of thioether (sulfide) groups is 1. The van der Waals surface area contributed by atoms with Crippen molar-refractivity contribution in [1.82, 2.24) is 15.1 Å². The molecule has 0 saturated carbocycles. The average molecular weight is 391 g/mol. The molecule has 2 heterocycles. The SMILES string of the molecule is CC(C)c1ccc(Nc2nnc(SCC(=O)N3CCCC[C@@H]3C)s2)cc1. The summed E-state index contributed by atoms with van der Waals surface area (Å²) in [6, 6.07) is 8.73. The third-order valence-electron chi connectivity index (χ3n) is 4.68. The van der Waals surface area contributed by atoms with Crippen LogP contribution in [0.2, 0.25) is 0 Å². The van der Waals surface area contributed by atoms with E-state index < -0.39 is 0 Å². The second kappa shape index (κ2) is 8.86. The molecule has 1 aromatic heterocycles. The van der Waals surface area contributed by atoms with Crippen LogP contribution in [-0.4, -0.2) is 39.3 Å². The molecule has 0 unspecified atom stereocenters. The van der Waals surface area contributed by atoms with Gasteiger partial charge < -0.3 is 10.2 Å². The zero-order chi connectivity index (χ0) is 18.5. The second-order valence-electron chi connectivity index (χ2n) is 7.00. The van der Waals surface area contributed by atoms with Crippen molar-refractivity contribution in [2.24, 2.45) is 0 Å². The first-order valence-electron chi connectivity index (χ1n) is 9.15. The van der Waals surface area contributed by atoms with Crippen LogP contribution in [0.5, 0.6) is 0 Å². The van der Waals surface area contributed by atoms with Crippen LogP contribution >= 0.6 is 23.1 Å². The molecule has 1 aliphatic rings. The van der Waals surface area contributed by atoms with E-state index >= 15 is 0 Å². The Bertz CT molecular complexity index is 729. The molecule has 0 spiro atoms. The topological polar surface area (TPSA) is 58.1 Å². The van der Waals surface area contributed by atoms with Gasteiger partial charge in [0.2, 0.25) is 11.0 Å². The van der Waals surface area contributed by atoms with Gasteiger partial charge in [0.1, 0.15) is 0 Å². The normalized spacial score (nSPS) is 17.5. The Balaban J connectivity index is 1.52. The van der Waals surface area contributed by atoms with Gasteiger partial charge in [-0.15, -0.1) is 10.2 Å². The van der Waals surface area contributed by atoms with Crippen molar-refractivity contribution in [3.8, 4) is 0 Å². The van der Waals surface area contributed by atoms with Gasteiger partial charge in [-0.3, -0.25) is 4.79 Å². The molecule has 5 nitrogen and oxygen atoms in total. The monoisotopic (exact) mass is 390 g/mol. The summed E-state index contributed by atoms with van der Waals surface area (Å²) in [6.07, 6.45) is 3.45. The number of carbonyl (C=O) groups excluding carboxylic acids is 1. The second-order valence-corrected chi connectivity index (χ2v) is 9.20. The van der Waals surface area contributed by atoms with E-state index in [2.05, 4.69) is 60.6 Å². The van der Waals surface area contributed by atoms with E-state index in [1.54, 1.807) is 0 Å². The third-order valence-corrected chi connectivity index (χ3v) is 6.63. The minimum Gasteiger partial charge on any atom is -0.339 e. The number of nitrogens with one attached hydrogen (secondary N) is 1. The Kier molecular flexibility index (Phi) is 6.53. The Morgan fingerprint density at radius 2 is 2.08 bits per heavy atom. The number of piperidine rings is 1. The Morgan fingerprint density at radius 1 is 1.31 bits per heavy atom. The highest BCUT2D eigenvalue weighted by molar-refractivity contribution is 8.01. The van der Waals surface area contributed by atoms with Gasteiger partial charge in [0, 0.05) is 18.3 Å². The molecule has 1 saturated heterocycles. The number of aromatic nitrogens is 2. The van der Waals surface area contributed by atoms with Gasteiger partial charge >= 0.3 is 0 Å². The third kappa shape index (κ3) is 4.98. The fourth-order valence-electron chi connectivity index (χ4n) is 3.07. The number of hydrogen-bond acceptors (Lipinski definition) is 6. The van der Waals surface area contributed by atoms with E-state index in [1.807, 2.05) is 4.90 Å². The van der Waals surface area contributed by atoms with Crippen LogP contribution in [0.4, 0.5) is 10.8 Å². The molecule has 1 aromatic carbocycles. The van der Waals surface area contributed by atoms with Crippen molar-refractivity contribution in [2.75, 3.05) is 17.6 Å². The molecule has 0 radical (unpaired) electrons. The predicted octanol–water partition coefficient (Wildman–Crippen LogP) is 4.90. The summed E-state index contributed by atoms with van der Waals surface area (Å²) in [4.78, 5) is 14.4. The number of amides is 1. The molecule has 2 aromatic rings. The summed E-state index contributed by atoms with van der Waals surface area (Å²) in [5.74, 6) is 1.16. The summed E-state index contributed by atoms with van der Waals surface area (Å²) in [7, 11) is 0. The van der Waals surface area contributed by atoms with Crippen LogP contribution in [0.15, 0.2) is 28.6 Å². The fraction of sp³-hybridized carbons (Fsp3) is 0.526. The van der Waals surface area contributed by atoms with Gasteiger partial charge in [0.05, 0.1) is 5.75 Å². The number of anilines is 2. The van der Waals surface area contributed by atoms with Gasteiger partial charge in [-0.1, -0.05) is 49.1 Å². The predicted molar refractivity (Wildman–Crippen MR) is 109 cm³/mol. The summed E-state index contributed by atoms with van der Waals surface area (Å²) in [6.45, 7) is 7.39. The fourth-order valence-corrected chi connectivity index (χ4v) is 4.73. The highest BCUT2D eigenvalue weighted by Crippen LogP contribution is 2.29. The number of nitrogens with zero attached hydrogens (tertiary/aromatic N) is 3. The van der Waals surface area contributed by atoms with Gasteiger partial charge in [0.15, 0.2) is 4.34 Å². The first kappa shape index (κ1) is 19.2. The molecule has 3 rings (SSSR count). The van der Waals surface area contributed by atoms with Crippen molar-refractivity contribution >= 4 is 39.8 Å². The minimum absolute atomic E-state index is 0.205. The first-order valence-corrected chi connectivity index (χ1v) is 11.0. The molecule has 1 fully saturated rings. The first-order chi connectivity index (χ1) is 12.5. The standard InChI is InChI=1S/C19H26N4OS2/c1-13(2)15-7-9-16(10-8-15)20-18-21-22-19(26-18)25-12-17(24)23-11-5-4-6-14(23)3/h7-10,13-14H,4-6,11-12H2,1-3H3,(H,20,21)/t14-/m0/s1. The molecule has 140 valence electrons. The van der Waals surface area contributed by atoms with Crippen molar-refractivity contribution < 1.29 is 4.79 Å². The van der Waals surface area contributed by atoms with Crippen LogP contribution in [0, 0.1) is 0 Å². The quantitative estimate of drug-likeness (QED) is 0.711. The lowest BCUT2D eigenvalue weighted by Crippen LogP contribution is -2.42. The zero-order valence-corrected chi connectivity index (χ0v) is 17.2. The molecule has 0 bridgehead atoms. The van der Waals surface area contributed by atoms with E-state index in [0.29, 0.717) is 17.7 Å². The molecular formula is C19H26N4OS2. The Morgan fingerprint density at radius 3 is 2.77 bits per heavy atom. The van der Waals surface area contributed by atoms with E-state index in [0.717, 1.165) is 34.5 Å². The lowest BCUT2D eigenvalue weighted by atomic mass is 10.0. The van der Waals surface area contributed by atoms with Gasteiger partial charge in [-0.25, -0.2) is 0 Å². The molecule has 26 heavy (non-hydrogen) atoms. The van der Waals surface area contributed by atoms with Crippen molar-refractivity contribution in [3.63, 3.8) is 0 Å². The Hall–Kier alpha value is -1.60. The van der Waals surface area contributed by atoms with Crippen LogP contribution in [0.3, 0.4) is 0 Å². The molecule has 0 aliphatic carbocycles. The molecule has 1 amide bonds. The molecule has 1 N–H and O–H groups in total. The zero-order valence-electron chi connectivity index (χ0n) is 15.6. The summed E-state index contributed by atoms with van der Waals surface area (Å²) in [5.41, 5.74) is 2.31. The maximum absolute atomic E-state index is 12.4. The van der Waals surface area contributed by atoms with Crippen LogP contribution in [-0.2, 0) is 4.79 Å². The van der Waals surface area contributed by atoms with Crippen molar-refractivity contribution in [3.05, 3.63) is 29.8 Å². The van der Waals surface area contributed by atoms with Crippen LogP contribution in [0.1, 0.15) is 51.5 Å². The summed E-state index contributed by atoms with van der Waals surface area (Å²) >= 11 is 2.96. The van der Waals surface area contributed by atoms with Crippen LogP contribution < -0.4 is 5.32 Å². The lowest BCUT2D eigenvalue weighted by Gasteiger charge is -2.33. The summed E-state index contributed by atoms with van der Waals surface area (Å²) < 4.78 is 0.823. The number of hydrogen-bond donors (Lipinski definition) is 1. The maximum atomic E-state index is 12.4. The largest absolute Gasteiger partial charge is 0.339 e. The Labute approximate surface area is 163 Å². The molecular weight excluding hydrogens is 364 g/mol. The maximum Gasteiger partial charge on any atom is 0.233 e.